The highest BCUT2D eigenvalue weighted by Gasteiger charge is 2.21. The van der Waals surface area contributed by atoms with E-state index in [4.69, 9.17) is 4.74 Å². The molecule has 0 saturated carbocycles. The van der Waals surface area contributed by atoms with E-state index < -0.39 is 12.2 Å². The Bertz CT molecular complexity index is 366. The summed E-state index contributed by atoms with van der Waals surface area (Å²) in [7, 11) is 0. The van der Waals surface area contributed by atoms with Crippen molar-refractivity contribution in [3.05, 3.63) is 28.2 Å². The van der Waals surface area contributed by atoms with Crippen molar-refractivity contribution in [2.75, 3.05) is 6.61 Å². The van der Waals surface area contributed by atoms with E-state index in [1.807, 2.05) is 0 Å². The van der Waals surface area contributed by atoms with Crippen LogP contribution in [0.2, 0.25) is 0 Å². The van der Waals surface area contributed by atoms with E-state index in [9.17, 15) is 13.6 Å². The molecule has 0 atom stereocenters. The van der Waals surface area contributed by atoms with Gasteiger partial charge in [-0.1, -0.05) is 15.9 Å². The first-order valence-corrected chi connectivity index (χ1v) is 5.10. The Balaban J connectivity index is 3.12. The molecule has 0 radical (unpaired) electrons. The number of Topliss-reactive ketones (excluding diaryl/α,β-unsaturated/α-hetero) is 1. The van der Waals surface area contributed by atoms with Crippen molar-refractivity contribution < 1.29 is 18.3 Å². The van der Waals surface area contributed by atoms with Crippen LogP contribution in [0.3, 0.4) is 0 Å². The van der Waals surface area contributed by atoms with Crippen LogP contribution in [-0.2, 0) is 0 Å². The standard InChI is InChI=1S/C10H9BrF2O2/c1-2-15-8-4-3-6(11)5-7(8)9(14)10(12)13/h3-5,10H,2H2,1H3. The van der Waals surface area contributed by atoms with E-state index in [1.54, 1.807) is 13.0 Å². The number of hydrogen-bond donors (Lipinski definition) is 0. The normalized spacial score (nSPS) is 10.5. The van der Waals surface area contributed by atoms with Gasteiger partial charge < -0.3 is 4.74 Å². The van der Waals surface area contributed by atoms with Crippen molar-refractivity contribution in [1.82, 2.24) is 0 Å². The van der Waals surface area contributed by atoms with Crippen molar-refractivity contribution in [2.45, 2.75) is 13.3 Å². The number of carbonyl (C=O) groups excluding carboxylic acids is 1. The lowest BCUT2D eigenvalue weighted by Gasteiger charge is -2.09. The van der Waals surface area contributed by atoms with Gasteiger partial charge in [-0.25, -0.2) is 8.78 Å². The molecule has 82 valence electrons. The highest BCUT2D eigenvalue weighted by molar-refractivity contribution is 9.10. The Morgan fingerprint density at radius 2 is 2.20 bits per heavy atom. The molecule has 5 heteroatoms. The van der Waals surface area contributed by atoms with Gasteiger partial charge in [0, 0.05) is 4.47 Å². The Morgan fingerprint density at radius 1 is 1.53 bits per heavy atom. The molecule has 0 saturated heterocycles. The van der Waals surface area contributed by atoms with Crippen molar-refractivity contribution in [3.63, 3.8) is 0 Å². The van der Waals surface area contributed by atoms with Gasteiger partial charge in [0.15, 0.2) is 0 Å². The average molecular weight is 279 g/mol. The molecule has 0 fully saturated rings. The molecular weight excluding hydrogens is 270 g/mol. The Hall–Kier alpha value is -0.970. The van der Waals surface area contributed by atoms with Crippen molar-refractivity contribution in [1.29, 1.82) is 0 Å². The van der Waals surface area contributed by atoms with Gasteiger partial charge in [-0.2, -0.15) is 0 Å². The molecule has 1 aromatic carbocycles. The highest BCUT2D eigenvalue weighted by atomic mass is 79.9. The molecule has 0 N–H and O–H groups in total. The van der Waals surface area contributed by atoms with E-state index in [1.165, 1.54) is 12.1 Å². The van der Waals surface area contributed by atoms with Crippen LogP contribution in [0, 0.1) is 0 Å². The van der Waals surface area contributed by atoms with Gasteiger partial charge in [0.2, 0.25) is 5.78 Å². The molecular formula is C10H9BrF2O2. The molecule has 0 aliphatic heterocycles. The van der Waals surface area contributed by atoms with E-state index in [-0.39, 0.29) is 11.3 Å². The predicted molar refractivity (Wildman–Crippen MR) is 55.6 cm³/mol. The number of alkyl halides is 2. The maximum Gasteiger partial charge on any atom is 0.300 e. The maximum atomic E-state index is 12.2. The van der Waals surface area contributed by atoms with Crippen LogP contribution >= 0.6 is 15.9 Å². The monoisotopic (exact) mass is 278 g/mol. The summed E-state index contributed by atoms with van der Waals surface area (Å²) in [6.45, 7) is 2.05. The Labute approximate surface area is 94.4 Å². The molecule has 15 heavy (non-hydrogen) atoms. The summed E-state index contributed by atoms with van der Waals surface area (Å²) >= 11 is 3.11. The molecule has 0 aliphatic rings. The number of carbonyl (C=O) groups is 1. The van der Waals surface area contributed by atoms with E-state index >= 15 is 0 Å². The highest BCUT2D eigenvalue weighted by Crippen LogP contribution is 2.25. The van der Waals surface area contributed by atoms with Crippen LogP contribution in [0.25, 0.3) is 0 Å². The molecule has 0 aromatic heterocycles. The van der Waals surface area contributed by atoms with Crippen molar-refractivity contribution in [2.24, 2.45) is 0 Å². The number of ketones is 1. The molecule has 0 heterocycles. The molecule has 0 bridgehead atoms. The molecule has 1 rings (SSSR count). The summed E-state index contributed by atoms with van der Waals surface area (Å²) in [4.78, 5) is 11.1. The molecule has 2 nitrogen and oxygen atoms in total. The summed E-state index contributed by atoms with van der Waals surface area (Å²) in [6, 6.07) is 4.45. The van der Waals surface area contributed by atoms with Gasteiger partial charge in [0.1, 0.15) is 5.75 Å². The van der Waals surface area contributed by atoms with E-state index in [0.29, 0.717) is 11.1 Å². The lowest BCUT2D eigenvalue weighted by atomic mass is 10.1. The summed E-state index contributed by atoms with van der Waals surface area (Å²) < 4.78 is 30.1. The van der Waals surface area contributed by atoms with Crippen LogP contribution in [0.15, 0.2) is 22.7 Å². The number of rotatable bonds is 4. The second kappa shape index (κ2) is 5.21. The minimum absolute atomic E-state index is 0.0961. The summed E-state index contributed by atoms with van der Waals surface area (Å²) in [5.41, 5.74) is -0.0961. The molecule has 1 aromatic rings. The fourth-order valence-electron chi connectivity index (χ4n) is 1.09. The van der Waals surface area contributed by atoms with E-state index in [0.717, 1.165) is 0 Å². The minimum Gasteiger partial charge on any atom is -0.493 e. The van der Waals surface area contributed by atoms with Gasteiger partial charge in [-0.05, 0) is 25.1 Å². The summed E-state index contributed by atoms with van der Waals surface area (Å²) in [5, 5.41) is 0. The zero-order chi connectivity index (χ0) is 11.4. The molecule has 0 unspecified atom stereocenters. The third-order valence-electron chi connectivity index (χ3n) is 1.71. The smallest absolute Gasteiger partial charge is 0.300 e. The van der Waals surface area contributed by atoms with Gasteiger partial charge in [-0.3, -0.25) is 4.79 Å². The third kappa shape index (κ3) is 2.99. The largest absolute Gasteiger partial charge is 0.493 e. The zero-order valence-corrected chi connectivity index (χ0v) is 9.55. The van der Waals surface area contributed by atoms with Crippen molar-refractivity contribution in [3.8, 4) is 5.75 Å². The first kappa shape index (κ1) is 12.1. The fourth-order valence-corrected chi connectivity index (χ4v) is 1.45. The lowest BCUT2D eigenvalue weighted by Crippen LogP contribution is -2.12. The Kier molecular flexibility index (Phi) is 4.20. The van der Waals surface area contributed by atoms with Crippen molar-refractivity contribution >= 4 is 21.7 Å². The second-order valence-electron chi connectivity index (χ2n) is 2.74. The lowest BCUT2D eigenvalue weighted by molar-refractivity contribution is 0.0674. The second-order valence-corrected chi connectivity index (χ2v) is 3.65. The quantitative estimate of drug-likeness (QED) is 0.790. The van der Waals surface area contributed by atoms with Gasteiger partial charge >= 0.3 is 6.43 Å². The SMILES string of the molecule is CCOc1ccc(Br)cc1C(=O)C(F)F. The number of hydrogen-bond acceptors (Lipinski definition) is 2. The van der Waals surface area contributed by atoms with Crippen LogP contribution in [-0.4, -0.2) is 18.8 Å². The van der Waals surface area contributed by atoms with E-state index in [2.05, 4.69) is 15.9 Å². The summed E-state index contributed by atoms with van der Waals surface area (Å²) in [6.07, 6.45) is -3.02. The van der Waals surface area contributed by atoms with Crippen LogP contribution in [0.1, 0.15) is 17.3 Å². The number of halogens is 3. The topological polar surface area (TPSA) is 26.3 Å². The van der Waals surface area contributed by atoms with Crippen LogP contribution in [0.4, 0.5) is 8.78 Å². The maximum absolute atomic E-state index is 12.2. The Morgan fingerprint density at radius 3 is 2.73 bits per heavy atom. The van der Waals surface area contributed by atoms with Crippen LogP contribution in [0.5, 0.6) is 5.75 Å². The first-order chi connectivity index (χ1) is 7.06. The molecule has 0 amide bonds. The van der Waals surface area contributed by atoms with Gasteiger partial charge in [-0.15, -0.1) is 0 Å². The summed E-state index contributed by atoms with van der Waals surface area (Å²) in [5.74, 6) is -1.04. The predicted octanol–water partition coefficient (Wildman–Crippen LogP) is 3.30. The van der Waals surface area contributed by atoms with Gasteiger partial charge in [0.05, 0.1) is 12.2 Å². The van der Waals surface area contributed by atoms with Crippen LogP contribution < -0.4 is 4.74 Å². The first-order valence-electron chi connectivity index (χ1n) is 4.31. The molecule has 0 spiro atoms. The number of benzene rings is 1. The van der Waals surface area contributed by atoms with Gasteiger partial charge in [0.25, 0.3) is 0 Å². The molecule has 0 aliphatic carbocycles. The average Bonchev–Trinajstić information content (AvgIpc) is 2.20. The third-order valence-corrected chi connectivity index (χ3v) is 2.20. The fraction of sp³-hybridized carbons (Fsp3) is 0.300. The zero-order valence-electron chi connectivity index (χ0n) is 7.97. The number of ether oxygens (including phenoxy) is 1. The minimum atomic E-state index is -3.02.